The first kappa shape index (κ1) is 17.2. The van der Waals surface area contributed by atoms with Crippen LogP contribution in [0.1, 0.15) is 12.7 Å². The Morgan fingerprint density at radius 1 is 1.19 bits per heavy atom. The minimum Gasteiger partial charge on any atom is -0.330 e. The second kappa shape index (κ2) is 7.20. The van der Waals surface area contributed by atoms with E-state index in [0.29, 0.717) is 16.6 Å². The molecule has 0 fully saturated rings. The lowest BCUT2D eigenvalue weighted by atomic mass is 10.3. The van der Waals surface area contributed by atoms with Gasteiger partial charge in [0.1, 0.15) is 5.82 Å². The van der Waals surface area contributed by atoms with E-state index in [1.54, 1.807) is 4.68 Å². The molecule has 0 bridgehead atoms. The summed E-state index contributed by atoms with van der Waals surface area (Å²) in [5, 5.41) is 15.4. The molecule has 0 aliphatic carbocycles. The monoisotopic (exact) mass is 379 g/mol. The van der Waals surface area contributed by atoms with Crippen molar-refractivity contribution >= 4 is 34.4 Å². The first-order valence-electron chi connectivity index (χ1n) is 8.31. The number of amides is 1. The summed E-state index contributed by atoms with van der Waals surface area (Å²) in [4.78, 5) is 15.9. The first-order valence-corrected chi connectivity index (χ1v) is 9.30. The van der Waals surface area contributed by atoms with Crippen molar-refractivity contribution in [3.05, 3.63) is 54.4 Å². The van der Waals surface area contributed by atoms with E-state index in [2.05, 4.69) is 30.4 Å². The summed E-state index contributed by atoms with van der Waals surface area (Å²) < 4.78 is 3.73. The van der Waals surface area contributed by atoms with E-state index in [1.165, 1.54) is 18.7 Å². The highest BCUT2D eigenvalue weighted by Gasteiger charge is 2.13. The molecule has 9 heteroatoms. The Hall–Kier alpha value is -3.20. The van der Waals surface area contributed by atoms with Crippen molar-refractivity contribution in [2.75, 3.05) is 5.32 Å². The molecule has 0 unspecified atom stereocenters. The van der Waals surface area contributed by atoms with Crippen molar-refractivity contribution in [1.29, 1.82) is 0 Å². The molecule has 0 radical (unpaired) electrons. The maximum Gasteiger partial charge on any atom is 0.221 e. The molecule has 0 atom stereocenters. The molecule has 0 saturated carbocycles. The second-order valence-corrected chi connectivity index (χ2v) is 6.91. The average Bonchev–Trinajstić information content (AvgIpc) is 3.25. The molecule has 0 aliphatic rings. The summed E-state index contributed by atoms with van der Waals surface area (Å²) in [6.45, 7) is 1.47. The van der Waals surface area contributed by atoms with E-state index in [0.717, 1.165) is 22.5 Å². The zero-order valence-corrected chi connectivity index (χ0v) is 15.6. The van der Waals surface area contributed by atoms with Gasteiger partial charge in [0.2, 0.25) is 11.1 Å². The fourth-order valence-corrected chi connectivity index (χ4v) is 3.68. The van der Waals surface area contributed by atoms with Crippen LogP contribution in [-0.4, -0.2) is 35.7 Å². The SMILES string of the molecule is CC(=O)Nc1cccc(-n2nnnc2SCc2nc3ccccc3n2C)c1. The van der Waals surface area contributed by atoms with E-state index in [9.17, 15) is 4.79 Å². The third-order valence-corrected chi connectivity index (χ3v) is 4.98. The number of imidazole rings is 1. The van der Waals surface area contributed by atoms with Gasteiger partial charge in [-0.1, -0.05) is 30.0 Å². The van der Waals surface area contributed by atoms with Gasteiger partial charge < -0.3 is 9.88 Å². The number of hydrogen-bond donors (Lipinski definition) is 1. The normalized spacial score (nSPS) is 11.0. The van der Waals surface area contributed by atoms with Crippen LogP contribution in [0.3, 0.4) is 0 Å². The fourth-order valence-electron chi connectivity index (χ4n) is 2.80. The highest BCUT2D eigenvalue weighted by atomic mass is 32.2. The Morgan fingerprint density at radius 3 is 2.85 bits per heavy atom. The molecule has 136 valence electrons. The highest BCUT2D eigenvalue weighted by molar-refractivity contribution is 7.98. The van der Waals surface area contributed by atoms with Gasteiger partial charge in [-0.2, -0.15) is 4.68 Å². The maximum absolute atomic E-state index is 11.3. The van der Waals surface area contributed by atoms with Crippen molar-refractivity contribution in [2.24, 2.45) is 7.05 Å². The molecule has 2 heterocycles. The van der Waals surface area contributed by atoms with Crippen LogP contribution in [0.5, 0.6) is 0 Å². The van der Waals surface area contributed by atoms with Crippen LogP contribution < -0.4 is 5.32 Å². The summed E-state index contributed by atoms with van der Waals surface area (Å²) in [6, 6.07) is 15.4. The van der Waals surface area contributed by atoms with Gasteiger partial charge in [-0.3, -0.25) is 4.79 Å². The van der Waals surface area contributed by atoms with Crippen molar-refractivity contribution < 1.29 is 4.79 Å². The van der Waals surface area contributed by atoms with Crippen LogP contribution in [-0.2, 0) is 17.6 Å². The molecule has 4 aromatic rings. The Morgan fingerprint density at radius 2 is 2.04 bits per heavy atom. The topological polar surface area (TPSA) is 90.5 Å². The molecule has 1 N–H and O–H groups in total. The highest BCUT2D eigenvalue weighted by Crippen LogP contribution is 2.25. The lowest BCUT2D eigenvalue weighted by Crippen LogP contribution is -2.07. The van der Waals surface area contributed by atoms with Gasteiger partial charge in [-0.25, -0.2) is 4.98 Å². The molecule has 2 aromatic heterocycles. The number of fused-ring (bicyclic) bond motifs is 1. The second-order valence-electron chi connectivity index (χ2n) is 5.97. The van der Waals surface area contributed by atoms with Gasteiger partial charge >= 0.3 is 0 Å². The molecular weight excluding hydrogens is 362 g/mol. The van der Waals surface area contributed by atoms with Gasteiger partial charge in [-0.05, 0) is 40.8 Å². The van der Waals surface area contributed by atoms with Crippen molar-refractivity contribution in [3.8, 4) is 5.69 Å². The number of thioether (sulfide) groups is 1. The van der Waals surface area contributed by atoms with Crippen molar-refractivity contribution in [3.63, 3.8) is 0 Å². The van der Waals surface area contributed by atoms with Crippen LogP contribution in [0.15, 0.2) is 53.7 Å². The number of benzene rings is 2. The Kier molecular flexibility index (Phi) is 4.59. The lowest BCUT2D eigenvalue weighted by Gasteiger charge is -2.07. The van der Waals surface area contributed by atoms with Gasteiger partial charge in [0.05, 0.1) is 22.5 Å². The average molecular weight is 379 g/mol. The smallest absolute Gasteiger partial charge is 0.221 e. The van der Waals surface area contributed by atoms with Crippen LogP contribution in [0.25, 0.3) is 16.7 Å². The maximum atomic E-state index is 11.3. The standard InChI is InChI=1S/C18H17N7OS/c1-12(26)19-13-6-5-7-14(10-13)25-18(21-22-23-25)27-11-17-20-15-8-3-4-9-16(15)24(17)2/h3-10H,11H2,1-2H3,(H,19,26). The Balaban J connectivity index is 1.57. The Bertz CT molecular complexity index is 1120. The quantitative estimate of drug-likeness (QED) is 0.536. The van der Waals surface area contributed by atoms with E-state index in [1.807, 2.05) is 55.6 Å². The number of para-hydroxylation sites is 2. The van der Waals surface area contributed by atoms with E-state index in [4.69, 9.17) is 0 Å². The van der Waals surface area contributed by atoms with E-state index >= 15 is 0 Å². The number of aromatic nitrogens is 6. The third-order valence-electron chi connectivity index (χ3n) is 4.06. The molecule has 2 aromatic carbocycles. The molecule has 27 heavy (non-hydrogen) atoms. The van der Waals surface area contributed by atoms with Crippen LogP contribution in [0.4, 0.5) is 5.69 Å². The van der Waals surface area contributed by atoms with E-state index in [-0.39, 0.29) is 5.91 Å². The summed E-state index contributed by atoms with van der Waals surface area (Å²) >= 11 is 1.51. The molecule has 8 nitrogen and oxygen atoms in total. The number of carbonyl (C=O) groups is 1. The molecule has 0 saturated heterocycles. The number of rotatable bonds is 5. The minimum absolute atomic E-state index is 0.125. The van der Waals surface area contributed by atoms with Gasteiger partial charge in [0.15, 0.2) is 0 Å². The first-order chi connectivity index (χ1) is 13.1. The van der Waals surface area contributed by atoms with Gasteiger partial charge in [-0.15, -0.1) is 5.10 Å². The van der Waals surface area contributed by atoms with E-state index < -0.39 is 0 Å². The molecular formula is C18H17N7OS. The number of tetrazole rings is 1. The number of nitrogens with one attached hydrogen (secondary N) is 1. The van der Waals surface area contributed by atoms with Gasteiger partial charge in [0.25, 0.3) is 0 Å². The van der Waals surface area contributed by atoms with Gasteiger partial charge in [0, 0.05) is 19.7 Å². The number of nitrogens with zero attached hydrogens (tertiary/aromatic N) is 6. The van der Waals surface area contributed by atoms with Crippen LogP contribution in [0.2, 0.25) is 0 Å². The number of anilines is 1. The summed E-state index contributed by atoms with van der Waals surface area (Å²) in [7, 11) is 2.01. The predicted molar refractivity (Wildman–Crippen MR) is 104 cm³/mol. The number of carbonyl (C=O) groups excluding carboxylic acids is 1. The third kappa shape index (κ3) is 3.54. The van der Waals surface area contributed by atoms with Crippen molar-refractivity contribution in [1.82, 2.24) is 29.8 Å². The summed E-state index contributed by atoms with van der Waals surface area (Å²) in [5.74, 6) is 1.46. The fraction of sp³-hybridized carbons (Fsp3) is 0.167. The molecule has 0 spiro atoms. The molecule has 4 rings (SSSR count). The zero-order chi connectivity index (χ0) is 18.8. The van der Waals surface area contributed by atoms with Crippen LogP contribution in [0, 0.1) is 0 Å². The minimum atomic E-state index is -0.125. The molecule has 1 amide bonds. The lowest BCUT2D eigenvalue weighted by molar-refractivity contribution is -0.114. The van der Waals surface area contributed by atoms with Crippen LogP contribution >= 0.6 is 11.8 Å². The summed E-state index contributed by atoms with van der Waals surface area (Å²) in [6.07, 6.45) is 0. The predicted octanol–water partition coefficient (Wildman–Crippen LogP) is 2.80. The largest absolute Gasteiger partial charge is 0.330 e. The number of hydrogen-bond acceptors (Lipinski definition) is 6. The molecule has 0 aliphatic heterocycles. The zero-order valence-electron chi connectivity index (χ0n) is 14.8. The Labute approximate surface area is 159 Å². The number of aryl methyl sites for hydroxylation is 1. The van der Waals surface area contributed by atoms with Crippen molar-refractivity contribution in [2.45, 2.75) is 17.8 Å². The summed E-state index contributed by atoms with van der Waals surface area (Å²) in [5.41, 5.74) is 3.54.